The van der Waals surface area contributed by atoms with Crippen LogP contribution in [0.1, 0.15) is 54.2 Å². The second-order valence-electron chi connectivity index (χ2n) is 13.1. The summed E-state index contributed by atoms with van der Waals surface area (Å²) in [7, 11) is 4.06. The third-order valence-electron chi connectivity index (χ3n) is 9.50. The summed E-state index contributed by atoms with van der Waals surface area (Å²) in [4.78, 5) is 21.1. The van der Waals surface area contributed by atoms with E-state index in [1.165, 1.54) is 5.56 Å². The van der Waals surface area contributed by atoms with Crippen molar-refractivity contribution in [1.29, 1.82) is 0 Å². The molecule has 11 heteroatoms. The monoisotopic (exact) mass is 651 g/mol. The second-order valence-corrected chi connectivity index (χ2v) is 13.5. The van der Waals surface area contributed by atoms with Gasteiger partial charge in [0.15, 0.2) is 5.65 Å². The smallest absolute Gasteiger partial charge is 0.247 e. The van der Waals surface area contributed by atoms with Crippen molar-refractivity contribution in [2.75, 3.05) is 55.4 Å². The van der Waals surface area contributed by atoms with Crippen molar-refractivity contribution in [3.8, 4) is 0 Å². The number of fused-ring (bicyclic) bond motifs is 1. The van der Waals surface area contributed by atoms with Crippen LogP contribution in [-0.4, -0.2) is 74.8 Å². The molecule has 0 bridgehead atoms. The lowest BCUT2D eigenvalue weighted by Crippen LogP contribution is -2.42. The third kappa shape index (κ3) is 6.90. The van der Waals surface area contributed by atoms with Crippen molar-refractivity contribution in [3.05, 3.63) is 101 Å². The average molecular weight is 652 g/mol. The molecule has 2 aliphatic rings. The number of hydrogen-bond donors (Lipinski definition) is 2. The van der Waals surface area contributed by atoms with Crippen LogP contribution < -0.4 is 15.1 Å². The first-order valence-electron chi connectivity index (χ1n) is 16.4. The summed E-state index contributed by atoms with van der Waals surface area (Å²) in [5, 5.41) is 20.1. The maximum Gasteiger partial charge on any atom is 0.247 e. The molecule has 2 N–H and O–H groups in total. The van der Waals surface area contributed by atoms with Crippen LogP contribution in [0.4, 0.5) is 23.1 Å². The quantitative estimate of drug-likeness (QED) is 0.204. The molecule has 0 saturated carbocycles. The minimum absolute atomic E-state index is 0.413. The van der Waals surface area contributed by atoms with Gasteiger partial charge >= 0.3 is 0 Å². The first-order chi connectivity index (χ1) is 22.7. The summed E-state index contributed by atoms with van der Waals surface area (Å²) in [6.07, 6.45) is 5.48. The lowest BCUT2D eigenvalue weighted by molar-refractivity contribution is 0.0118. The highest BCUT2D eigenvalue weighted by Gasteiger charge is 2.34. The van der Waals surface area contributed by atoms with E-state index in [2.05, 4.69) is 56.5 Å². The fourth-order valence-electron chi connectivity index (χ4n) is 6.89. The van der Waals surface area contributed by atoms with Crippen molar-refractivity contribution >= 4 is 40.4 Å². The number of nitrogens with zero attached hydrogens (tertiary/aromatic N) is 8. The minimum atomic E-state index is -0.861. The van der Waals surface area contributed by atoms with Gasteiger partial charge < -0.3 is 20.2 Å². The third-order valence-corrected chi connectivity index (χ3v) is 9.75. The summed E-state index contributed by atoms with van der Waals surface area (Å²) >= 11 is 6.07. The molecule has 2 saturated heterocycles. The van der Waals surface area contributed by atoms with Crippen LogP contribution in [0.25, 0.3) is 5.65 Å². The van der Waals surface area contributed by atoms with E-state index in [4.69, 9.17) is 26.7 Å². The highest BCUT2D eigenvalue weighted by molar-refractivity contribution is 6.30. The molecule has 0 aliphatic carbocycles. The molecule has 47 heavy (non-hydrogen) atoms. The highest BCUT2D eigenvalue weighted by atomic mass is 35.5. The number of nitrogens with one attached hydrogen (secondary N) is 1. The second kappa shape index (κ2) is 13.1. The highest BCUT2D eigenvalue weighted by Crippen LogP contribution is 2.36. The molecule has 7 rings (SSSR count). The van der Waals surface area contributed by atoms with Gasteiger partial charge in [-0.15, -0.1) is 5.10 Å². The summed E-state index contributed by atoms with van der Waals surface area (Å²) in [6.45, 7) is 6.39. The Labute approximate surface area is 281 Å². The fourth-order valence-corrected chi connectivity index (χ4v) is 7.02. The SMILES string of the molecule is Cc1nc(C2CCCN(Cc3ccc(Nc4nc5c(N6CCC(O)(c7ccc(Cl)cc7)CC6)cccn5n4)cc3)C2)cc(N(C)C)n1. The first kappa shape index (κ1) is 31.4. The van der Waals surface area contributed by atoms with Crippen LogP contribution >= 0.6 is 11.6 Å². The summed E-state index contributed by atoms with van der Waals surface area (Å²) < 4.78 is 1.82. The van der Waals surface area contributed by atoms with Crippen molar-refractivity contribution < 1.29 is 5.11 Å². The molecule has 2 aromatic carbocycles. The van der Waals surface area contributed by atoms with Crippen molar-refractivity contribution in [2.24, 2.45) is 0 Å². The summed E-state index contributed by atoms with van der Waals surface area (Å²) in [6, 6.07) is 22.3. The molecule has 2 fully saturated rings. The average Bonchev–Trinajstić information content (AvgIpc) is 3.49. The number of aliphatic hydroxyl groups is 1. The van der Waals surface area contributed by atoms with Gasteiger partial charge in [-0.05, 0) is 86.7 Å². The number of hydrogen-bond acceptors (Lipinski definition) is 9. The Morgan fingerprint density at radius 1 is 0.979 bits per heavy atom. The van der Waals surface area contributed by atoms with Gasteiger partial charge in [0.05, 0.1) is 17.0 Å². The Kier molecular flexibility index (Phi) is 8.74. The Bertz CT molecular complexity index is 1830. The molecular formula is C36H42ClN9O. The number of likely N-dealkylation sites (tertiary alicyclic amines) is 1. The minimum Gasteiger partial charge on any atom is -0.385 e. The molecule has 0 spiro atoms. The molecule has 5 aromatic rings. The van der Waals surface area contributed by atoms with Crippen LogP contribution in [0, 0.1) is 6.92 Å². The van der Waals surface area contributed by atoms with E-state index in [0.29, 0.717) is 42.8 Å². The predicted molar refractivity (Wildman–Crippen MR) is 188 cm³/mol. The van der Waals surface area contributed by atoms with E-state index < -0.39 is 5.60 Å². The topological polar surface area (TPSA) is 98.0 Å². The van der Waals surface area contributed by atoms with E-state index in [1.54, 1.807) is 0 Å². The molecule has 2 aliphatic heterocycles. The first-order valence-corrected chi connectivity index (χ1v) is 16.8. The van der Waals surface area contributed by atoms with E-state index in [-0.39, 0.29) is 0 Å². The summed E-state index contributed by atoms with van der Waals surface area (Å²) in [5.74, 6) is 2.77. The van der Waals surface area contributed by atoms with E-state index in [9.17, 15) is 5.11 Å². The van der Waals surface area contributed by atoms with Crippen molar-refractivity contribution in [1.82, 2.24) is 29.5 Å². The summed E-state index contributed by atoms with van der Waals surface area (Å²) in [5.41, 5.74) is 5.22. The number of anilines is 4. The van der Waals surface area contributed by atoms with Gasteiger partial charge in [-0.25, -0.2) is 14.5 Å². The standard InChI is InChI=1S/C36H42ClN9O/c1-25-38-31(22-33(39-25)43(2)3)27-6-4-18-44(24-27)23-26-8-14-30(15-9-26)40-35-41-34-32(7-5-19-46(34)42-35)45-20-16-36(47,17-21-45)28-10-12-29(37)13-11-28/h5,7-15,19,22,27,47H,4,6,16-18,20-21,23-24H2,1-3H3,(H,40,42). The molecule has 5 heterocycles. The zero-order valence-electron chi connectivity index (χ0n) is 27.3. The molecule has 244 valence electrons. The number of pyridine rings is 1. The van der Waals surface area contributed by atoms with Gasteiger partial charge in [-0.2, -0.15) is 4.98 Å². The van der Waals surface area contributed by atoms with Crippen molar-refractivity contribution in [2.45, 2.75) is 50.7 Å². The van der Waals surface area contributed by atoms with Gasteiger partial charge in [-0.1, -0.05) is 35.9 Å². The van der Waals surface area contributed by atoms with Crippen LogP contribution in [0.2, 0.25) is 5.02 Å². The Hall–Kier alpha value is -4.25. The van der Waals surface area contributed by atoms with Gasteiger partial charge in [-0.3, -0.25) is 4.90 Å². The Balaban J connectivity index is 0.985. The zero-order chi connectivity index (χ0) is 32.5. The van der Waals surface area contributed by atoms with E-state index >= 15 is 0 Å². The van der Waals surface area contributed by atoms with Crippen molar-refractivity contribution in [3.63, 3.8) is 0 Å². The fraction of sp³-hybridized carbons (Fsp3) is 0.389. The normalized spacial score (nSPS) is 18.4. The molecule has 1 unspecified atom stereocenters. The van der Waals surface area contributed by atoms with Crippen LogP contribution in [0.3, 0.4) is 0 Å². The van der Waals surface area contributed by atoms with E-state index in [0.717, 1.165) is 72.4 Å². The number of rotatable bonds is 8. The molecule has 0 radical (unpaired) electrons. The Morgan fingerprint density at radius 2 is 1.74 bits per heavy atom. The molecular weight excluding hydrogens is 610 g/mol. The van der Waals surface area contributed by atoms with Crippen LogP contribution in [-0.2, 0) is 12.1 Å². The van der Waals surface area contributed by atoms with Gasteiger partial charge in [0.25, 0.3) is 0 Å². The number of aryl methyl sites for hydroxylation is 1. The van der Waals surface area contributed by atoms with Gasteiger partial charge in [0.2, 0.25) is 5.95 Å². The Morgan fingerprint density at radius 3 is 2.49 bits per heavy atom. The molecule has 0 amide bonds. The lowest BCUT2D eigenvalue weighted by atomic mass is 9.84. The molecule has 1 atom stereocenters. The number of benzene rings is 2. The number of piperidine rings is 2. The number of aromatic nitrogens is 5. The van der Waals surface area contributed by atoms with Gasteiger partial charge in [0.1, 0.15) is 11.6 Å². The predicted octanol–water partition coefficient (Wildman–Crippen LogP) is 6.16. The van der Waals surface area contributed by atoms with Gasteiger partial charge in [0, 0.05) is 69.2 Å². The lowest BCUT2D eigenvalue weighted by Gasteiger charge is -2.39. The largest absolute Gasteiger partial charge is 0.385 e. The maximum absolute atomic E-state index is 11.4. The zero-order valence-corrected chi connectivity index (χ0v) is 28.0. The van der Waals surface area contributed by atoms with Crippen LogP contribution in [0.5, 0.6) is 0 Å². The molecule has 3 aromatic heterocycles. The maximum atomic E-state index is 11.4. The molecule has 10 nitrogen and oxygen atoms in total. The van der Waals surface area contributed by atoms with Crippen LogP contribution in [0.15, 0.2) is 72.9 Å². The number of halogens is 1. The van der Waals surface area contributed by atoms with E-state index in [1.807, 2.05) is 67.0 Å².